The van der Waals surface area contributed by atoms with Crippen molar-refractivity contribution < 1.29 is 13.6 Å². The van der Waals surface area contributed by atoms with E-state index in [1.54, 1.807) is 23.6 Å². The lowest BCUT2D eigenvalue weighted by Crippen LogP contribution is -2.23. The molecule has 0 aliphatic rings. The van der Waals surface area contributed by atoms with Crippen molar-refractivity contribution in [1.29, 1.82) is 0 Å². The van der Waals surface area contributed by atoms with Crippen molar-refractivity contribution in [2.75, 3.05) is 0 Å². The van der Waals surface area contributed by atoms with Crippen LogP contribution < -0.4 is 11.1 Å². The molecule has 0 saturated carbocycles. The van der Waals surface area contributed by atoms with Crippen molar-refractivity contribution in [3.8, 4) is 22.5 Å². The molecule has 11 heteroatoms. The molecular formula is C31H26Cl4F2N2O3. The number of carbonyl (C=O) groups is 1. The van der Waals surface area contributed by atoms with E-state index in [0.717, 1.165) is 17.2 Å². The van der Waals surface area contributed by atoms with Crippen LogP contribution in [0.1, 0.15) is 43.6 Å². The zero-order valence-electron chi connectivity index (χ0n) is 23.1. The Kier molecular flexibility index (Phi) is 11.3. The molecule has 0 spiro atoms. The first-order valence-electron chi connectivity index (χ1n) is 12.7. The van der Waals surface area contributed by atoms with Crippen LogP contribution in [0.15, 0.2) is 63.7 Å². The van der Waals surface area contributed by atoms with Crippen LogP contribution in [0, 0.1) is 11.6 Å². The largest absolute Gasteiger partial charge is 0.307 e. The summed E-state index contributed by atoms with van der Waals surface area (Å²) in [5.74, 6) is -0.914. The standard InChI is InChI=1S/C17H16Cl2FNO.C14H10Cl2FNO2/c1-4-21-16(13-6-5-12(20)9-14(13)18)11(7-10(2)3)8-15(19)17(21)22;1-2-18-13(8(7-19)5-12(16)14(18)20)10-4-3-9(17)6-11(10)15/h5-9H,4H2,1-3H3;3-7H,2H2,1H3. The molecule has 42 heavy (non-hydrogen) atoms. The van der Waals surface area contributed by atoms with Crippen LogP contribution in [0.2, 0.25) is 20.1 Å². The number of hydrogen-bond donors (Lipinski definition) is 0. The molecule has 220 valence electrons. The Bertz CT molecular complexity index is 1810. The van der Waals surface area contributed by atoms with Crippen LogP contribution >= 0.6 is 46.4 Å². The number of rotatable bonds is 6. The number of hydrogen-bond acceptors (Lipinski definition) is 3. The van der Waals surface area contributed by atoms with E-state index < -0.39 is 17.2 Å². The summed E-state index contributed by atoms with van der Waals surface area (Å²) >= 11 is 24.1. The summed E-state index contributed by atoms with van der Waals surface area (Å²) in [5.41, 5.74) is 3.34. The molecule has 0 N–H and O–H groups in total. The molecule has 0 atom stereocenters. The van der Waals surface area contributed by atoms with Gasteiger partial charge in [0.1, 0.15) is 21.7 Å². The molecule has 0 bridgehead atoms. The van der Waals surface area contributed by atoms with Crippen LogP contribution in [0.4, 0.5) is 8.78 Å². The summed E-state index contributed by atoms with van der Waals surface area (Å²) in [6.07, 6.45) is 2.51. The van der Waals surface area contributed by atoms with Gasteiger partial charge < -0.3 is 9.13 Å². The monoisotopic (exact) mass is 652 g/mol. The quantitative estimate of drug-likeness (QED) is 0.195. The highest BCUT2D eigenvalue weighted by molar-refractivity contribution is 6.34. The second-order valence-corrected chi connectivity index (χ2v) is 10.9. The van der Waals surface area contributed by atoms with E-state index >= 15 is 0 Å². The van der Waals surface area contributed by atoms with E-state index in [4.69, 9.17) is 46.4 Å². The van der Waals surface area contributed by atoms with Gasteiger partial charge in [-0.15, -0.1) is 0 Å². The topological polar surface area (TPSA) is 61.1 Å². The highest BCUT2D eigenvalue weighted by Gasteiger charge is 2.18. The summed E-state index contributed by atoms with van der Waals surface area (Å²) in [7, 11) is 0. The summed E-state index contributed by atoms with van der Waals surface area (Å²) in [4.78, 5) is 35.6. The van der Waals surface area contributed by atoms with Crippen molar-refractivity contribution in [3.63, 3.8) is 0 Å². The molecule has 0 saturated heterocycles. The van der Waals surface area contributed by atoms with Gasteiger partial charge in [-0.05, 0) is 76.2 Å². The number of carbonyl (C=O) groups excluding carboxylic acids is 1. The Morgan fingerprint density at radius 1 is 0.690 bits per heavy atom. The zero-order valence-corrected chi connectivity index (χ0v) is 26.1. The maximum atomic E-state index is 13.3. The number of benzene rings is 2. The summed E-state index contributed by atoms with van der Waals surface area (Å²) in [5, 5.41) is 0.483. The van der Waals surface area contributed by atoms with Crippen molar-refractivity contribution in [1.82, 2.24) is 9.13 Å². The normalized spacial score (nSPS) is 10.6. The molecule has 0 unspecified atom stereocenters. The number of nitrogens with zero attached hydrogens (tertiary/aromatic N) is 2. The van der Waals surface area contributed by atoms with E-state index in [9.17, 15) is 23.2 Å². The predicted octanol–water partition coefficient (Wildman–Crippen LogP) is 9.20. The highest BCUT2D eigenvalue weighted by atomic mass is 35.5. The fourth-order valence-electron chi connectivity index (χ4n) is 4.39. The van der Waals surface area contributed by atoms with Gasteiger partial charge in [0.05, 0.1) is 21.4 Å². The first kappa shape index (κ1) is 33.3. The highest BCUT2D eigenvalue weighted by Crippen LogP contribution is 2.33. The van der Waals surface area contributed by atoms with Crippen molar-refractivity contribution in [3.05, 3.63) is 118 Å². The van der Waals surface area contributed by atoms with Gasteiger partial charge in [-0.2, -0.15) is 0 Å². The molecule has 4 aromatic rings. The predicted molar refractivity (Wildman–Crippen MR) is 168 cm³/mol. The average Bonchev–Trinajstić information content (AvgIpc) is 2.92. The third kappa shape index (κ3) is 7.21. The van der Waals surface area contributed by atoms with Crippen molar-refractivity contribution in [2.45, 2.75) is 40.8 Å². The molecule has 2 aromatic heterocycles. The second-order valence-electron chi connectivity index (χ2n) is 9.28. The smallest absolute Gasteiger partial charge is 0.269 e. The van der Waals surface area contributed by atoms with Gasteiger partial charge in [-0.25, -0.2) is 8.78 Å². The minimum atomic E-state index is -0.495. The van der Waals surface area contributed by atoms with Gasteiger partial charge in [-0.1, -0.05) is 58.1 Å². The van der Waals surface area contributed by atoms with Gasteiger partial charge in [0.25, 0.3) is 11.1 Å². The lowest BCUT2D eigenvalue weighted by atomic mass is 10.0. The maximum absolute atomic E-state index is 13.3. The van der Waals surface area contributed by atoms with Gasteiger partial charge in [0.2, 0.25) is 0 Å². The fraction of sp³-hybridized carbons (Fsp3) is 0.194. The molecule has 0 amide bonds. The number of allylic oxidation sites excluding steroid dienone is 1. The van der Waals surface area contributed by atoms with E-state index in [1.165, 1.54) is 34.9 Å². The van der Waals surface area contributed by atoms with Crippen LogP contribution in [0.25, 0.3) is 28.6 Å². The minimum Gasteiger partial charge on any atom is -0.307 e. The van der Waals surface area contributed by atoms with E-state index in [1.807, 2.05) is 26.8 Å². The van der Waals surface area contributed by atoms with Gasteiger partial charge in [0, 0.05) is 35.3 Å². The van der Waals surface area contributed by atoms with E-state index in [2.05, 4.69) is 0 Å². The third-order valence-corrected chi connectivity index (χ3v) is 7.29. The Morgan fingerprint density at radius 2 is 1.10 bits per heavy atom. The van der Waals surface area contributed by atoms with Crippen LogP contribution in [-0.2, 0) is 13.1 Å². The second kappa shape index (κ2) is 14.3. The van der Waals surface area contributed by atoms with E-state index in [-0.39, 0.29) is 31.2 Å². The Hall–Kier alpha value is -3.23. The number of halogens is 6. The fourth-order valence-corrected chi connectivity index (χ4v) is 5.34. The molecule has 5 nitrogen and oxygen atoms in total. The first-order valence-corrected chi connectivity index (χ1v) is 14.2. The summed E-state index contributed by atoms with van der Waals surface area (Å²) in [6, 6.07) is 10.8. The van der Waals surface area contributed by atoms with Crippen LogP contribution in [0.3, 0.4) is 0 Å². The van der Waals surface area contributed by atoms with Crippen molar-refractivity contribution in [2.24, 2.45) is 0 Å². The van der Waals surface area contributed by atoms with Crippen LogP contribution in [0.5, 0.6) is 0 Å². The van der Waals surface area contributed by atoms with Crippen molar-refractivity contribution >= 4 is 58.8 Å². The molecule has 2 heterocycles. The summed E-state index contributed by atoms with van der Waals surface area (Å²) < 4.78 is 29.3. The number of pyridine rings is 2. The molecule has 0 radical (unpaired) electrons. The number of aldehydes is 1. The lowest BCUT2D eigenvalue weighted by Gasteiger charge is -2.16. The average molecular weight is 654 g/mol. The molecule has 0 aliphatic heterocycles. The maximum Gasteiger partial charge on any atom is 0.269 e. The van der Waals surface area contributed by atoms with Gasteiger partial charge in [0.15, 0.2) is 6.29 Å². The Morgan fingerprint density at radius 3 is 1.45 bits per heavy atom. The van der Waals surface area contributed by atoms with Gasteiger partial charge in [-0.3, -0.25) is 14.4 Å². The molecule has 2 aromatic carbocycles. The minimum absolute atomic E-state index is 0.0454. The molecular weight excluding hydrogens is 628 g/mol. The Labute approximate surface area is 261 Å². The molecule has 0 aliphatic carbocycles. The molecule has 0 fully saturated rings. The molecule has 4 rings (SSSR count). The SMILES string of the molecule is CCn1c(-c2ccc(F)cc2Cl)c(C=C(C)C)cc(Cl)c1=O.CCn1c(-c2ccc(F)cc2Cl)c(C=O)cc(Cl)c1=O. The van der Waals surface area contributed by atoms with Gasteiger partial charge >= 0.3 is 0 Å². The number of aromatic nitrogens is 2. The third-order valence-electron chi connectivity index (χ3n) is 6.13. The summed E-state index contributed by atoms with van der Waals surface area (Å²) in [6.45, 7) is 8.24. The van der Waals surface area contributed by atoms with Crippen LogP contribution in [-0.4, -0.2) is 15.4 Å². The van der Waals surface area contributed by atoms with E-state index in [0.29, 0.717) is 41.9 Å². The lowest BCUT2D eigenvalue weighted by molar-refractivity contribution is 0.112. The Balaban J connectivity index is 0.000000231. The first-order chi connectivity index (χ1) is 19.8. The zero-order chi connectivity index (χ0) is 31.3.